The van der Waals surface area contributed by atoms with E-state index in [1.807, 2.05) is 44.3 Å². The summed E-state index contributed by atoms with van der Waals surface area (Å²) in [6.45, 7) is 3.99. The summed E-state index contributed by atoms with van der Waals surface area (Å²) >= 11 is 0. The van der Waals surface area contributed by atoms with Gasteiger partial charge in [-0.1, -0.05) is 30.3 Å². The summed E-state index contributed by atoms with van der Waals surface area (Å²) < 4.78 is 5.17. The fourth-order valence-electron chi connectivity index (χ4n) is 6.80. The molecule has 4 fully saturated rings. The molecule has 0 saturated heterocycles. The maximum atomic E-state index is 13.5. The van der Waals surface area contributed by atoms with Crippen LogP contribution in [0.15, 0.2) is 48.8 Å². The van der Waals surface area contributed by atoms with Crippen LogP contribution in [0.3, 0.4) is 0 Å². The average molecular weight is 433 g/mol. The topological polar surface area (TPSA) is 68.3 Å². The van der Waals surface area contributed by atoms with Crippen molar-refractivity contribution in [2.45, 2.75) is 57.4 Å². The lowest BCUT2D eigenvalue weighted by Crippen LogP contribution is -2.62. The van der Waals surface area contributed by atoms with Gasteiger partial charge in [0.25, 0.3) is 0 Å². The summed E-state index contributed by atoms with van der Waals surface area (Å²) in [7, 11) is 1.50. The van der Waals surface area contributed by atoms with E-state index in [-0.39, 0.29) is 23.3 Å². The number of nitrogens with zero attached hydrogens (tertiary/aromatic N) is 1. The van der Waals surface area contributed by atoms with Crippen LogP contribution >= 0.6 is 0 Å². The number of nitrogens with one attached hydrogen (secondary N) is 1. The Kier molecular flexibility index (Phi) is 5.11. The Labute approximate surface area is 190 Å². The number of pyridine rings is 1. The van der Waals surface area contributed by atoms with Crippen molar-refractivity contribution in [3.05, 3.63) is 54.4 Å². The highest BCUT2D eigenvalue weighted by Crippen LogP contribution is 2.60. The minimum atomic E-state index is -0.637. The minimum Gasteiger partial charge on any atom is -0.469 e. The van der Waals surface area contributed by atoms with Crippen molar-refractivity contribution < 1.29 is 14.3 Å². The zero-order valence-electron chi connectivity index (χ0n) is 19.1. The van der Waals surface area contributed by atoms with Crippen molar-refractivity contribution in [2.75, 3.05) is 7.11 Å². The Bertz CT molecular complexity index is 999. The smallest absolute Gasteiger partial charge is 0.311 e. The van der Waals surface area contributed by atoms with E-state index in [1.165, 1.54) is 7.11 Å². The number of aromatic nitrogens is 1. The molecule has 5 heteroatoms. The first-order valence-electron chi connectivity index (χ1n) is 11.7. The van der Waals surface area contributed by atoms with Crippen LogP contribution in [0.1, 0.15) is 51.5 Å². The van der Waals surface area contributed by atoms with Gasteiger partial charge in [-0.2, -0.15) is 0 Å². The third-order valence-corrected chi connectivity index (χ3v) is 8.36. The third-order valence-electron chi connectivity index (χ3n) is 8.36. The maximum absolute atomic E-state index is 13.5. The van der Waals surface area contributed by atoms with E-state index in [4.69, 9.17) is 4.74 Å². The number of methoxy groups -OCH3 is 1. The van der Waals surface area contributed by atoms with E-state index in [9.17, 15) is 9.59 Å². The zero-order chi connectivity index (χ0) is 22.5. The summed E-state index contributed by atoms with van der Waals surface area (Å²) in [5, 5.41) is 3.42. The van der Waals surface area contributed by atoms with Crippen molar-refractivity contribution in [3.63, 3.8) is 0 Å². The highest BCUT2D eigenvalue weighted by Gasteiger charge is 2.59. The van der Waals surface area contributed by atoms with Crippen LogP contribution < -0.4 is 5.32 Å². The van der Waals surface area contributed by atoms with Gasteiger partial charge in [0.1, 0.15) is 0 Å². The van der Waals surface area contributed by atoms with Crippen LogP contribution in [0.5, 0.6) is 0 Å². The maximum Gasteiger partial charge on any atom is 0.311 e. The van der Waals surface area contributed by atoms with Gasteiger partial charge in [0.15, 0.2) is 0 Å². The lowest BCUT2D eigenvalue weighted by Gasteiger charge is -2.58. The summed E-state index contributed by atoms with van der Waals surface area (Å²) in [5.41, 5.74) is 2.20. The summed E-state index contributed by atoms with van der Waals surface area (Å²) in [5.74, 6) is 1.35. The molecule has 0 aliphatic heterocycles. The Morgan fingerprint density at radius 2 is 1.72 bits per heavy atom. The third kappa shape index (κ3) is 3.42. The molecule has 32 heavy (non-hydrogen) atoms. The highest BCUT2D eigenvalue weighted by molar-refractivity contribution is 5.88. The number of ether oxygens (including phenoxy) is 1. The molecule has 0 radical (unpaired) electrons. The van der Waals surface area contributed by atoms with Gasteiger partial charge in [0.05, 0.1) is 17.9 Å². The molecule has 5 nitrogen and oxygen atoms in total. The average Bonchev–Trinajstić information content (AvgIpc) is 2.81. The van der Waals surface area contributed by atoms with Crippen molar-refractivity contribution in [2.24, 2.45) is 23.2 Å². The van der Waals surface area contributed by atoms with Gasteiger partial charge in [-0.15, -0.1) is 0 Å². The lowest BCUT2D eigenvalue weighted by molar-refractivity contribution is -0.171. The molecule has 1 aromatic heterocycles. The molecule has 1 amide bonds. The van der Waals surface area contributed by atoms with Gasteiger partial charge in [-0.3, -0.25) is 14.6 Å². The number of rotatable bonds is 5. The van der Waals surface area contributed by atoms with Gasteiger partial charge in [0, 0.05) is 18.4 Å². The number of carbonyl (C=O) groups excluding carboxylic acids is 2. The number of amides is 1. The van der Waals surface area contributed by atoms with E-state index in [0.717, 1.165) is 48.8 Å². The van der Waals surface area contributed by atoms with Gasteiger partial charge >= 0.3 is 5.97 Å². The van der Waals surface area contributed by atoms with E-state index in [2.05, 4.69) is 22.4 Å². The van der Waals surface area contributed by atoms with E-state index < -0.39 is 5.41 Å². The molecule has 0 spiro atoms. The largest absolute Gasteiger partial charge is 0.469 e. The predicted octanol–water partition coefficient (Wildman–Crippen LogP) is 4.51. The van der Waals surface area contributed by atoms with Gasteiger partial charge in [0.2, 0.25) is 5.91 Å². The van der Waals surface area contributed by atoms with E-state index in [0.29, 0.717) is 17.8 Å². The van der Waals surface area contributed by atoms with Crippen LogP contribution in [0.25, 0.3) is 11.1 Å². The van der Waals surface area contributed by atoms with Crippen LogP contribution in [0.2, 0.25) is 0 Å². The van der Waals surface area contributed by atoms with Crippen LogP contribution in [-0.2, 0) is 19.7 Å². The molecular weight excluding hydrogens is 400 g/mol. The number of hydrogen-bond donors (Lipinski definition) is 1. The lowest BCUT2D eigenvalue weighted by atomic mass is 9.48. The molecule has 4 aliphatic carbocycles. The predicted molar refractivity (Wildman–Crippen MR) is 123 cm³/mol. The molecule has 2 atom stereocenters. The van der Waals surface area contributed by atoms with Crippen molar-refractivity contribution >= 4 is 11.9 Å². The first kappa shape index (κ1) is 21.2. The van der Waals surface area contributed by atoms with Crippen molar-refractivity contribution in [3.8, 4) is 11.1 Å². The Hall–Kier alpha value is -2.69. The first-order chi connectivity index (χ1) is 15.3. The molecule has 1 aromatic carbocycles. The van der Waals surface area contributed by atoms with Crippen LogP contribution in [0.4, 0.5) is 0 Å². The fraction of sp³-hybridized carbons (Fsp3) is 0.519. The molecule has 1 N–H and O–H groups in total. The van der Waals surface area contributed by atoms with E-state index >= 15 is 0 Å². The number of benzene rings is 1. The first-order valence-corrected chi connectivity index (χ1v) is 11.7. The standard InChI is InChI=1S/C27H32N2O3/c1-26(2,22-8-6-18(7-9-22)19-5-4-10-28-16-19)24(30)29-23-20-11-17-12-21(23)15-27(13-17,14-20)25(31)32-3/h4-10,16-17,20-21,23H,11-15H2,1-3H3,(H,29,30). The second kappa shape index (κ2) is 7.72. The zero-order valence-corrected chi connectivity index (χ0v) is 19.1. The van der Waals surface area contributed by atoms with Gasteiger partial charge in [-0.25, -0.2) is 0 Å². The normalized spacial score (nSPS) is 30.7. The Balaban J connectivity index is 1.31. The SMILES string of the molecule is COC(=O)C12CC3CC(C1)C(NC(=O)C(C)(C)c1ccc(-c4cccnc4)cc1)C(C3)C2. The molecule has 6 rings (SSSR count). The molecule has 2 unspecified atom stereocenters. The van der Waals surface area contributed by atoms with Crippen LogP contribution in [-0.4, -0.2) is 30.0 Å². The van der Waals surface area contributed by atoms with Gasteiger partial charge in [-0.05, 0) is 86.5 Å². The summed E-state index contributed by atoms with van der Waals surface area (Å²) in [4.78, 5) is 30.2. The fourth-order valence-corrected chi connectivity index (χ4v) is 6.80. The number of esters is 1. The molecular formula is C27H32N2O3. The molecule has 4 saturated carbocycles. The summed E-state index contributed by atoms with van der Waals surface area (Å²) in [6.07, 6.45) is 8.49. The quantitative estimate of drug-likeness (QED) is 0.706. The number of carbonyl (C=O) groups is 2. The molecule has 1 heterocycles. The number of hydrogen-bond acceptors (Lipinski definition) is 4. The molecule has 2 aromatic rings. The monoisotopic (exact) mass is 432 g/mol. The van der Waals surface area contributed by atoms with Crippen LogP contribution in [0, 0.1) is 23.2 Å². The molecule has 4 aliphatic rings. The molecule has 168 valence electrons. The van der Waals surface area contributed by atoms with E-state index in [1.54, 1.807) is 6.20 Å². The Morgan fingerprint density at radius 1 is 1.03 bits per heavy atom. The second-order valence-electron chi connectivity index (χ2n) is 10.7. The second-order valence-corrected chi connectivity index (χ2v) is 10.7. The Morgan fingerprint density at radius 3 is 2.31 bits per heavy atom. The van der Waals surface area contributed by atoms with Crippen molar-refractivity contribution in [1.82, 2.24) is 10.3 Å². The van der Waals surface area contributed by atoms with Gasteiger partial charge < -0.3 is 10.1 Å². The van der Waals surface area contributed by atoms with Crippen molar-refractivity contribution in [1.29, 1.82) is 0 Å². The minimum absolute atomic E-state index is 0.0456. The molecule has 4 bridgehead atoms. The summed E-state index contributed by atoms with van der Waals surface area (Å²) in [6, 6.07) is 12.3. The highest BCUT2D eigenvalue weighted by atomic mass is 16.5.